The first kappa shape index (κ1) is 12.6. The highest BCUT2D eigenvalue weighted by atomic mass is 32.2. The van der Waals surface area contributed by atoms with Gasteiger partial charge in [-0.25, -0.2) is 9.37 Å². The lowest BCUT2D eigenvalue weighted by Gasteiger charge is -2.21. The Bertz CT molecular complexity index is 611. The molecular formula is C13H11FN2OS2. The minimum absolute atomic E-state index is 0.0497. The lowest BCUT2D eigenvalue weighted by molar-refractivity contribution is -0.115. The minimum atomic E-state index is -0.269. The topological polar surface area (TPSA) is 33.2 Å². The molecule has 3 rings (SSSR count). The fourth-order valence-electron chi connectivity index (χ4n) is 1.96. The van der Waals surface area contributed by atoms with Crippen LogP contribution >= 0.6 is 23.1 Å². The van der Waals surface area contributed by atoms with Crippen LogP contribution in [0.2, 0.25) is 0 Å². The molecule has 0 spiro atoms. The quantitative estimate of drug-likeness (QED) is 0.851. The van der Waals surface area contributed by atoms with Crippen LogP contribution in [0, 0.1) is 12.7 Å². The first-order valence-corrected chi connectivity index (χ1v) is 7.63. The Hall–Kier alpha value is -1.40. The Morgan fingerprint density at radius 2 is 2.11 bits per heavy atom. The van der Waals surface area contributed by atoms with Gasteiger partial charge in [0.05, 0.1) is 5.75 Å². The third-order valence-corrected chi connectivity index (χ3v) is 4.96. The zero-order valence-electron chi connectivity index (χ0n) is 10.2. The van der Waals surface area contributed by atoms with Gasteiger partial charge < -0.3 is 0 Å². The van der Waals surface area contributed by atoms with Gasteiger partial charge in [0, 0.05) is 11.1 Å². The number of amides is 1. The van der Waals surface area contributed by atoms with Crippen molar-refractivity contribution in [3.05, 3.63) is 46.7 Å². The maximum absolute atomic E-state index is 13.0. The molecule has 0 N–H and O–H groups in total. The third kappa shape index (κ3) is 2.37. The first-order valence-electron chi connectivity index (χ1n) is 5.77. The average Bonchev–Trinajstić information content (AvgIpc) is 2.96. The molecule has 0 bridgehead atoms. The second-order valence-electron chi connectivity index (χ2n) is 4.23. The smallest absolute Gasteiger partial charge is 0.240 e. The van der Waals surface area contributed by atoms with Crippen molar-refractivity contribution >= 4 is 34.1 Å². The summed E-state index contributed by atoms with van der Waals surface area (Å²) in [7, 11) is 0. The van der Waals surface area contributed by atoms with Crippen molar-refractivity contribution in [3.8, 4) is 0 Å². The minimum Gasteiger partial charge on any atom is -0.273 e. The molecule has 0 saturated carbocycles. The number of thioether (sulfide) groups is 1. The number of nitrogens with zero attached hydrogens (tertiary/aromatic N) is 2. The molecule has 1 aliphatic rings. The Morgan fingerprint density at radius 3 is 2.74 bits per heavy atom. The third-order valence-electron chi connectivity index (χ3n) is 2.84. The lowest BCUT2D eigenvalue weighted by Crippen LogP contribution is -2.27. The van der Waals surface area contributed by atoms with E-state index in [1.54, 1.807) is 35.0 Å². The van der Waals surface area contributed by atoms with Gasteiger partial charge in [-0.2, -0.15) is 0 Å². The van der Waals surface area contributed by atoms with Crippen LogP contribution in [0.3, 0.4) is 0 Å². The molecule has 3 nitrogen and oxygen atoms in total. The normalized spacial score (nSPS) is 19.2. The van der Waals surface area contributed by atoms with Crippen molar-refractivity contribution in [2.45, 2.75) is 12.3 Å². The van der Waals surface area contributed by atoms with Crippen molar-refractivity contribution in [1.82, 2.24) is 4.98 Å². The van der Waals surface area contributed by atoms with E-state index in [-0.39, 0.29) is 17.1 Å². The molecule has 1 saturated heterocycles. The molecule has 1 unspecified atom stereocenters. The van der Waals surface area contributed by atoms with Gasteiger partial charge in [0.1, 0.15) is 11.2 Å². The van der Waals surface area contributed by atoms with E-state index in [4.69, 9.17) is 0 Å². The van der Waals surface area contributed by atoms with Crippen molar-refractivity contribution in [2.75, 3.05) is 10.7 Å². The summed E-state index contributed by atoms with van der Waals surface area (Å²) in [6.45, 7) is 1.96. The Balaban J connectivity index is 1.96. The van der Waals surface area contributed by atoms with Crippen molar-refractivity contribution in [2.24, 2.45) is 0 Å². The number of benzene rings is 1. The van der Waals surface area contributed by atoms with Gasteiger partial charge >= 0.3 is 0 Å². The van der Waals surface area contributed by atoms with E-state index >= 15 is 0 Å². The average molecular weight is 294 g/mol. The number of rotatable bonds is 2. The number of halogens is 1. The molecule has 1 aromatic heterocycles. The maximum atomic E-state index is 13.0. The molecule has 2 aromatic rings. The molecule has 1 fully saturated rings. The van der Waals surface area contributed by atoms with Gasteiger partial charge in [-0.3, -0.25) is 9.69 Å². The van der Waals surface area contributed by atoms with E-state index < -0.39 is 0 Å². The summed E-state index contributed by atoms with van der Waals surface area (Å²) < 4.78 is 13.0. The molecule has 1 aliphatic heterocycles. The zero-order valence-corrected chi connectivity index (χ0v) is 11.8. The number of thiazole rings is 1. The number of aryl methyl sites for hydroxylation is 1. The van der Waals surface area contributed by atoms with Crippen LogP contribution in [-0.2, 0) is 4.79 Å². The van der Waals surface area contributed by atoms with Gasteiger partial charge in [0.15, 0.2) is 5.13 Å². The highest BCUT2D eigenvalue weighted by molar-refractivity contribution is 8.00. The highest BCUT2D eigenvalue weighted by Crippen LogP contribution is 2.42. The summed E-state index contributed by atoms with van der Waals surface area (Å²) in [6, 6.07) is 6.28. The number of hydrogen-bond donors (Lipinski definition) is 0. The summed E-state index contributed by atoms with van der Waals surface area (Å²) in [5, 5.41) is 0.598. The number of carbonyl (C=O) groups is 1. The zero-order chi connectivity index (χ0) is 13.4. The number of hydrogen-bond acceptors (Lipinski definition) is 4. The molecule has 0 aliphatic carbocycles. The molecular weight excluding hydrogens is 283 g/mol. The van der Waals surface area contributed by atoms with E-state index in [0.717, 1.165) is 10.4 Å². The number of carbonyl (C=O) groups excluding carboxylic acids is 1. The van der Waals surface area contributed by atoms with E-state index in [1.807, 2.05) is 6.92 Å². The van der Waals surface area contributed by atoms with Crippen LogP contribution in [0.4, 0.5) is 9.52 Å². The largest absolute Gasteiger partial charge is 0.273 e. The van der Waals surface area contributed by atoms with Crippen LogP contribution in [0.1, 0.15) is 15.8 Å². The van der Waals surface area contributed by atoms with Crippen molar-refractivity contribution in [1.29, 1.82) is 0 Å². The SMILES string of the molecule is Cc1cnc(N2C(=O)CSC2c2ccc(F)cc2)s1. The lowest BCUT2D eigenvalue weighted by atomic mass is 10.2. The van der Waals surface area contributed by atoms with Crippen LogP contribution in [0.15, 0.2) is 30.5 Å². The van der Waals surface area contributed by atoms with E-state index in [0.29, 0.717) is 10.9 Å². The monoisotopic (exact) mass is 294 g/mol. The van der Waals surface area contributed by atoms with Gasteiger partial charge in [-0.1, -0.05) is 12.1 Å². The molecule has 1 atom stereocenters. The molecule has 1 aromatic carbocycles. The van der Waals surface area contributed by atoms with E-state index in [2.05, 4.69) is 4.98 Å². The predicted molar refractivity (Wildman–Crippen MR) is 75.9 cm³/mol. The van der Waals surface area contributed by atoms with Gasteiger partial charge in [-0.05, 0) is 24.6 Å². The molecule has 2 heterocycles. The fraction of sp³-hybridized carbons (Fsp3) is 0.231. The fourth-order valence-corrected chi connectivity index (χ4v) is 3.99. The van der Waals surface area contributed by atoms with Crippen LogP contribution in [0.5, 0.6) is 0 Å². The summed E-state index contributed by atoms with van der Waals surface area (Å²) in [6.07, 6.45) is 1.76. The van der Waals surface area contributed by atoms with Crippen molar-refractivity contribution in [3.63, 3.8) is 0 Å². The van der Waals surface area contributed by atoms with Crippen molar-refractivity contribution < 1.29 is 9.18 Å². The maximum Gasteiger partial charge on any atom is 0.240 e. The van der Waals surface area contributed by atoms with Crippen LogP contribution in [0.25, 0.3) is 0 Å². The predicted octanol–water partition coefficient (Wildman–Crippen LogP) is 3.37. The second-order valence-corrected chi connectivity index (χ2v) is 6.51. The number of aromatic nitrogens is 1. The standard InChI is InChI=1S/C13H11FN2OS2/c1-8-6-15-13(19-8)16-11(17)7-18-12(16)9-2-4-10(14)5-3-9/h2-6,12H,7H2,1H3. The number of anilines is 1. The summed E-state index contributed by atoms with van der Waals surface area (Å²) in [5.74, 6) is 0.212. The Morgan fingerprint density at radius 1 is 1.37 bits per heavy atom. The van der Waals surface area contributed by atoms with E-state index in [9.17, 15) is 9.18 Å². The molecule has 1 amide bonds. The van der Waals surface area contributed by atoms with Gasteiger partial charge in [-0.15, -0.1) is 23.1 Å². The summed E-state index contributed by atoms with van der Waals surface area (Å²) in [5.41, 5.74) is 0.921. The van der Waals surface area contributed by atoms with Crippen LogP contribution < -0.4 is 4.90 Å². The van der Waals surface area contributed by atoms with E-state index in [1.165, 1.54) is 23.5 Å². The molecule has 6 heteroatoms. The van der Waals surface area contributed by atoms with Gasteiger partial charge in [0.2, 0.25) is 5.91 Å². The molecule has 19 heavy (non-hydrogen) atoms. The summed E-state index contributed by atoms with van der Waals surface area (Å²) >= 11 is 3.04. The Kier molecular flexibility index (Phi) is 3.28. The Labute approximate surface area is 118 Å². The molecule has 98 valence electrons. The first-order chi connectivity index (χ1) is 9.15. The van der Waals surface area contributed by atoms with Gasteiger partial charge in [0.25, 0.3) is 0 Å². The molecule has 0 radical (unpaired) electrons. The highest BCUT2D eigenvalue weighted by Gasteiger charge is 2.35. The summed E-state index contributed by atoms with van der Waals surface area (Å²) in [4.78, 5) is 19.1. The van der Waals surface area contributed by atoms with Crippen LogP contribution in [-0.4, -0.2) is 16.6 Å². The second kappa shape index (κ2) is 4.94.